The van der Waals surface area contributed by atoms with E-state index in [2.05, 4.69) is 4.98 Å². The molecular formula is C17H20N2O4. The summed E-state index contributed by atoms with van der Waals surface area (Å²) >= 11 is 0. The molecule has 6 nitrogen and oxygen atoms in total. The first-order chi connectivity index (χ1) is 10.9. The number of rotatable bonds is 5. The van der Waals surface area contributed by atoms with Crippen LogP contribution in [0.4, 0.5) is 0 Å². The lowest BCUT2D eigenvalue weighted by Gasteiger charge is -2.06. The van der Waals surface area contributed by atoms with E-state index in [0.717, 1.165) is 0 Å². The van der Waals surface area contributed by atoms with Gasteiger partial charge in [0.1, 0.15) is 0 Å². The Morgan fingerprint density at radius 2 is 1.96 bits per heavy atom. The van der Waals surface area contributed by atoms with Gasteiger partial charge in [0.05, 0.1) is 24.4 Å². The number of ether oxygens (including phenoxy) is 1. The first-order valence-corrected chi connectivity index (χ1v) is 7.42. The maximum atomic E-state index is 12.5. The van der Waals surface area contributed by atoms with E-state index in [0.29, 0.717) is 28.1 Å². The Labute approximate surface area is 134 Å². The molecule has 0 saturated carbocycles. The summed E-state index contributed by atoms with van der Waals surface area (Å²) in [5, 5.41) is 0. The summed E-state index contributed by atoms with van der Waals surface area (Å²) < 4.78 is 6.37. The van der Waals surface area contributed by atoms with Gasteiger partial charge in [-0.2, -0.15) is 0 Å². The van der Waals surface area contributed by atoms with E-state index in [4.69, 9.17) is 4.74 Å². The third-order valence-corrected chi connectivity index (χ3v) is 3.72. The van der Waals surface area contributed by atoms with E-state index in [-0.39, 0.29) is 24.5 Å². The van der Waals surface area contributed by atoms with Gasteiger partial charge in [-0.05, 0) is 39.3 Å². The molecule has 6 heteroatoms. The Bertz CT molecular complexity index is 814. The Morgan fingerprint density at radius 3 is 2.61 bits per heavy atom. The van der Waals surface area contributed by atoms with Crippen molar-refractivity contribution >= 4 is 11.8 Å². The normalized spacial score (nSPS) is 10.6. The molecule has 1 N–H and O–H groups in total. The topological polar surface area (TPSA) is 81.2 Å². The molecule has 0 radical (unpaired) electrons. The highest BCUT2D eigenvalue weighted by Crippen LogP contribution is 2.19. The number of aryl methyl sites for hydroxylation is 2. The third kappa shape index (κ3) is 3.26. The number of nitrogens with one attached hydrogen (secondary N) is 1. The standard InChI is InChI=1S/C17H20N2O4/c1-5-23-17(22)14-11(3)15(18-12(14)4)13(20)9-19-8-6-7-10(2)16(19)21/h6-8,18H,5,9H2,1-4H3. The Hall–Kier alpha value is -2.63. The van der Waals surface area contributed by atoms with Crippen LogP contribution in [0.25, 0.3) is 0 Å². The summed E-state index contributed by atoms with van der Waals surface area (Å²) in [5.74, 6) is -0.709. The number of esters is 1. The molecule has 0 aromatic carbocycles. The van der Waals surface area contributed by atoms with E-state index in [1.54, 1.807) is 46.0 Å². The number of H-pyrrole nitrogens is 1. The second-order valence-corrected chi connectivity index (χ2v) is 5.39. The minimum absolute atomic E-state index is 0.0798. The molecule has 2 heterocycles. The fourth-order valence-corrected chi connectivity index (χ4v) is 2.55. The van der Waals surface area contributed by atoms with Gasteiger partial charge in [-0.25, -0.2) is 4.79 Å². The Kier molecular flexibility index (Phi) is 4.83. The number of aromatic amines is 1. The first-order valence-electron chi connectivity index (χ1n) is 7.42. The van der Waals surface area contributed by atoms with E-state index < -0.39 is 5.97 Å². The summed E-state index contributed by atoms with van der Waals surface area (Å²) in [6, 6.07) is 3.42. The van der Waals surface area contributed by atoms with Crippen molar-refractivity contribution in [2.24, 2.45) is 0 Å². The second kappa shape index (κ2) is 6.64. The molecule has 0 atom stereocenters. The number of Topliss-reactive ketones (excluding diaryl/α,β-unsaturated/α-hetero) is 1. The van der Waals surface area contributed by atoms with Crippen LogP contribution in [0.5, 0.6) is 0 Å². The summed E-state index contributed by atoms with van der Waals surface area (Å²) in [6.07, 6.45) is 1.57. The predicted octanol–water partition coefficient (Wildman–Crippen LogP) is 2.16. The molecule has 0 amide bonds. The van der Waals surface area contributed by atoms with E-state index in [9.17, 15) is 14.4 Å². The lowest BCUT2D eigenvalue weighted by molar-refractivity contribution is 0.0525. The number of carbonyl (C=O) groups excluding carboxylic acids is 2. The maximum absolute atomic E-state index is 12.5. The van der Waals surface area contributed by atoms with Crippen LogP contribution in [0, 0.1) is 20.8 Å². The average molecular weight is 316 g/mol. The maximum Gasteiger partial charge on any atom is 0.340 e. The summed E-state index contributed by atoms with van der Waals surface area (Å²) in [7, 11) is 0. The fourth-order valence-electron chi connectivity index (χ4n) is 2.55. The summed E-state index contributed by atoms with van der Waals surface area (Å²) in [4.78, 5) is 39.4. The van der Waals surface area contributed by atoms with Crippen molar-refractivity contribution in [3.63, 3.8) is 0 Å². The van der Waals surface area contributed by atoms with Gasteiger partial charge in [-0.15, -0.1) is 0 Å². The van der Waals surface area contributed by atoms with Crippen LogP contribution in [0.3, 0.4) is 0 Å². The van der Waals surface area contributed by atoms with Crippen LogP contribution >= 0.6 is 0 Å². The number of aromatic nitrogens is 2. The molecule has 0 aliphatic heterocycles. The molecule has 0 spiro atoms. The number of hydrogen-bond donors (Lipinski definition) is 1. The van der Waals surface area contributed by atoms with Crippen molar-refractivity contribution < 1.29 is 14.3 Å². The SMILES string of the molecule is CCOC(=O)c1c(C)[nH]c(C(=O)Cn2cccc(C)c2=O)c1C. The zero-order valence-electron chi connectivity index (χ0n) is 13.7. The van der Waals surface area contributed by atoms with Gasteiger partial charge in [0.15, 0.2) is 5.78 Å². The van der Waals surface area contributed by atoms with Gasteiger partial charge in [0, 0.05) is 17.5 Å². The molecule has 0 bridgehead atoms. The van der Waals surface area contributed by atoms with Crippen LogP contribution in [-0.2, 0) is 11.3 Å². The molecule has 0 unspecified atom stereocenters. The minimum atomic E-state index is -0.453. The number of nitrogens with zero attached hydrogens (tertiary/aromatic N) is 1. The quantitative estimate of drug-likeness (QED) is 0.677. The van der Waals surface area contributed by atoms with Crippen molar-refractivity contribution in [2.45, 2.75) is 34.2 Å². The van der Waals surface area contributed by atoms with Gasteiger partial charge in [0.25, 0.3) is 5.56 Å². The smallest absolute Gasteiger partial charge is 0.340 e. The Balaban J connectivity index is 2.34. The van der Waals surface area contributed by atoms with Gasteiger partial charge >= 0.3 is 5.97 Å². The van der Waals surface area contributed by atoms with E-state index >= 15 is 0 Å². The molecule has 0 saturated heterocycles. The van der Waals surface area contributed by atoms with Crippen LogP contribution in [0.1, 0.15) is 44.6 Å². The largest absolute Gasteiger partial charge is 0.462 e. The second-order valence-electron chi connectivity index (χ2n) is 5.39. The van der Waals surface area contributed by atoms with Crippen molar-refractivity contribution in [2.75, 3.05) is 6.61 Å². The Morgan fingerprint density at radius 1 is 1.26 bits per heavy atom. The van der Waals surface area contributed by atoms with Crippen molar-refractivity contribution in [3.05, 3.63) is 56.8 Å². The molecule has 2 aromatic heterocycles. The number of carbonyl (C=O) groups is 2. The van der Waals surface area contributed by atoms with Crippen LogP contribution in [0.15, 0.2) is 23.1 Å². The first kappa shape index (κ1) is 16.7. The van der Waals surface area contributed by atoms with Gasteiger partial charge in [0.2, 0.25) is 0 Å². The van der Waals surface area contributed by atoms with Crippen molar-refractivity contribution in [1.82, 2.24) is 9.55 Å². The zero-order valence-corrected chi connectivity index (χ0v) is 13.7. The predicted molar refractivity (Wildman–Crippen MR) is 86.0 cm³/mol. The fraction of sp³-hybridized carbons (Fsp3) is 0.353. The van der Waals surface area contributed by atoms with E-state index in [1.165, 1.54) is 4.57 Å². The zero-order chi connectivity index (χ0) is 17.1. The van der Waals surface area contributed by atoms with Gasteiger partial charge in [-0.3, -0.25) is 9.59 Å². The lowest BCUT2D eigenvalue weighted by Crippen LogP contribution is -2.25. The van der Waals surface area contributed by atoms with E-state index in [1.807, 2.05) is 0 Å². The number of ketones is 1. The van der Waals surface area contributed by atoms with Crippen LogP contribution in [-0.4, -0.2) is 27.9 Å². The highest BCUT2D eigenvalue weighted by molar-refractivity contribution is 6.01. The molecule has 2 rings (SSSR count). The monoisotopic (exact) mass is 316 g/mol. The summed E-state index contributed by atoms with van der Waals surface area (Å²) in [5.41, 5.74) is 2.22. The lowest BCUT2D eigenvalue weighted by atomic mass is 10.1. The van der Waals surface area contributed by atoms with Crippen LogP contribution in [0.2, 0.25) is 0 Å². The molecule has 0 aliphatic carbocycles. The minimum Gasteiger partial charge on any atom is -0.462 e. The molecule has 23 heavy (non-hydrogen) atoms. The molecule has 0 fully saturated rings. The molecule has 2 aromatic rings. The van der Waals surface area contributed by atoms with Crippen molar-refractivity contribution in [1.29, 1.82) is 0 Å². The highest BCUT2D eigenvalue weighted by atomic mass is 16.5. The number of hydrogen-bond acceptors (Lipinski definition) is 4. The van der Waals surface area contributed by atoms with Crippen molar-refractivity contribution in [3.8, 4) is 0 Å². The number of pyridine rings is 1. The average Bonchev–Trinajstić information content (AvgIpc) is 2.79. The van der Waals surface area contributed by atoms with Crippen LogP contribution < -0.4 is 5.56 Å². The molecule has 122 valence electrons. The van der Waals surface area contributed by atoms with Gasteiger partial charge in [-0.1, -0.05) is 6.07 Å². The highest BCUT2D eigenvalue weighted by Gasteiger charge is 2.23. The molecular weight excluding hydrogens is 296 g/mol. The summed E-state index contributed by atoms with van der Waals surface area (Å²) in [6.45, 7) is 7.03. The third-order valence-electron chi connectivity index (χ3n) is 3.72. The molecule has 0 aliphatic rings. The van der Waals surface area contributed by atoms with Gasteiger partial charge < -0.3 is 14.3 Å².